The summed E-state index contributed by atoms with van der Waals surface area (Å²) < 4.78 is 5.03. The normalized spacial score (nSPS) is 10.4. The molecule has 0 fully saturated rings. The molecule has 0 aliphatic carbocycles. The van der Waals surface area contributed by atoms with Crippen LogP contribution in [-0.4, -0.2) is 54.2 Å². The number of thioether (sulfide) groups is 1. The fourth-order valence-electron chi connectivity index (χ4n) is 1.91. The molecule has 0 bridgehead atoms. The first kappa shape index (κ1) is 18.8. The number of carbonyl (C=O) groups excluding carboxylic acids is 2. The van der Waals surface area contributed by atoms with Gasteiger partial charge in [-0.2, -0.15) is 0 Å². The summed E-state index contributed by atoms with van der Waals surface area (Å²) in [4.78, 5) is 29.4. The van der Waals surface area contributed by atoms with Crippen LogP contribution in [0.15, 0.2) is 33.9 Å². The highest BCUT2D eigenvalue weighted by Gasteiger charge is 2.13. The lowest BCUT2D eigenvalue weighted by atomic mass is 10.2. The predicted octanol–water partition coefficient (Wildman–Crippen LogP) is 1.67. The number of amides is 3. The number of rotatable bonds is 7. The molecule has 0 saturated carbocycles. The molecule has 0 unspecified atom stereocenters. The first-order chi connectivity index (χ1) is 12.0. The Labute approximate surface area is 150 Å². The third kappa shape index (κ3) is 5.79. The number of pyridine rings is 1. The molecule has 2 aromatic rings. The fraction of sp³-hybridized carbons (Fsp3) is 0.375. The van der Waals surface area contributed by atoms with Crippen molar-refractivity contribution in [3.63, 3.8) is 0 Å². The molecule has 3 amide bonds. The highest BCUT2D eigenvalue weighted by molar-refractivity contribution is 7.98. The van der Waals surface area contributed by atoms with Crippen LogP contribution >= 0.6 is 11.8 Å². The number of aromatic nitrogens is 2. The van der Waals surface area contributed by atoms with E-state index in [0.29, 0.717) is 29.4 Å². The van der Waals surface area contributed by atoms with E-state index < -0.39 is 0 Å². The van der Waals surface area contributed by atoms with Crippen molar-refractivity contribution < 1.29 is 14.1 Å². The standard InChI is InChI=1S/C16H21N5O3S/c1-11-9-12(20-24-11)10-25-15-13(5-4-6-18-15)14(22)17-7-8-19-16(23)21(2)3/h4-6,9H,7-8,10H2,1-3H3,(H,17,22)(H,19,23). The Morgan fingerprint density at radius 1 is 1.28 bits per heavy atom. The third-order valence-corrected chi connectivity index (χ3v) is 4.18. The van der Waals surface area contributed by atoms with Crippen molar-refractivity contribution in [3.05, 3.63) is 41.4 Å². The minimum atomic E-state index is -0.231. The van der Waals surface area contributed by atoms with E-state index in [4.69, 9.17) is 4.52 Å². The van der Waals surface area contributed by atoms with Crippen molar-refractivity contribution >= 4 is 23.7 Å². The molecule has 134 valence electrons. The molecular formula is C16H21N5O3S. The summed E-state index contributed by atoms with van der Waals surface area (Å²) in [6.07, 6.45) is 1.64. The van der Waals surface area contributed by atoms with Gasteiger partial charge in [-0.1, -0.05) is 16.9 Å². The molecule has 2 heterocycles. The Morgan fingerprint density at radius 2 is 2.04 bits per heavy atom. The van der Waals surface area contributed by atoms with Crippen molar-refractivity contribution in [2.24, 2.45) is 0 Å². The summed E-state index contributed by atoms with van der Waals surface area (Å²) in [6, 6.07) is 5.09. The Morgan fingerprint density at radius 3 is 2.72 bits per heavy atom. The smallest absolute Gasteiger partial charge is 0.316 e. The SMILES string of the molecule is Cc1cc(CSc2ncccc2C(=O)NCCNC(=O)N(C)C)no1. The highest BCUT2D eigenvalue weighted by Crippen LogP contribution is 2.23. The number of nitrogens with zero attached hydrogens (tertiary/aromatic N) is 3. The van der Waals surface area contributed by atoms with E-state index in [1.165, 1.54) is 16.7 Å². The lowest BCUT2D eigenvalue weighted by Crippen LogP contribution is -2.39. The van der Waals surface area contributed by atoms with E-state index in [0.717, 1.165) is 11.5 Å². The molecule has 0 atom stereocenters. The molecule has 8 nitrogen and oxygen atoms in total. The molecule has 0 aromatic carbocycles. The van der Waals surface area contributed by atoms with Crippen LogP contribution < -0.4 is 10.6 Å². The Kier molecular flexibility index (Phi) is 6.81. The van der Waals surface area contributed by atoms with E-state index in [1.54, 1.807) is 32.4 Å². The Bertz CT molecular complexity index is 732. The van der Waals surface area contributed by atoms with E-state index in [-0.39, 0.29) is 11.9 Å². The minimum Gasteiger partial charge on any atom is -0.361 e. The number of nitrogens with one attached hydrogen (secondary N) is 2. The molecule has 0 spiro atoms. The maximum absolute atomic E-state index is 12.3. The van der Waals surface area contributed by atoms with Gasteiger partial charge in [0, 0.05) is 45.2 Å². The van der Waals surface area contributed by atoms with Gasteiger partial charge in [0.15, 0.2) is 0 Å². The molecule has 2 N–H and O–H groups in total. The largest absolute Gasteiger partial charge is 0.361 e. The summed E-state index contributed by atoms with van der Waals surface area (Å²) in [5, 5.41) is 10.0. The van der Waals surface area contributed by atoms with Crippen LogP contribution in [0.1, 0.15) is 21.8 Å². The van der Waals surface area contributed by atoms with E-state index >= 15 is 0 Å². The lowest BCUT2D eigenvalue weighted by Gasteiger charge is -2.12. The number of hydrogen-bond donors (Lipinski definition) is 2. The van der Waals surface area contributed by atoms with E-state index in [9.17, 15) is 9.59 Å². The lowest BCUT2D eigenvalue weighted by molar-refractivity contribution is 0.0950. The van der Waals surface area contributed by atoms with Crippen LogP contribution in [-0.2, 0) is 5.75 Å². The summed E-state index contributed by atoms with van der Waals surface area (Å²) in [5.74, 6) is 1.08. The van der Waals surface area contributed by atoms with Crippen LogP contribution in [0.25, 0.3) is 0 Å². The first-order valence-electron chi connectivity index (χ1n) is 7.70. The van der Waals surface area contributed by atoms with Gasteiger partial charge in [0.1, 0.15) is 10.8 Å². The molecular weight excluding hydrogens is 342 g/mol. The summed E-state index contributed by atoms with van der Waals surface area (Å²) in [5.41, 5.74) is 1.29. The van der Waals surface area contributed by atoms with Crippen molar-refractivity contribution in [1.82, 2.24) is 25.7 Å². The second-order valence-corrected chi connectivity index (χ2v) is 6.42. The molecule has 25 heavy (non-hydrogen) atoms. The molecule has 0 saturated heterocycles. The summed E-state index contributed by atoms with van der Waals surface area (Å²) in [6.45, 7) is 2.51. The second kappa shape index (κ2) is 9.07. The predicted molar refractivity (Wildman–Crippen MR) is 94.5 cm³/mol. The first-order valence-corrected chi connectivity index (χ1v) is 8.69. The van der Waals surface area contributed by atoms with Crippen LogP contribution in [0.4, 0.5) is 4.79 Å². The van der Waals surface area contributed by atoms with Gasteiger partial charge in [0.2, 0.25) is 0 Å². The van der Waals surface area contributed by atoms with Crippen molar-refractivity contribution in [1.29, 1.82) is 0 Å². The fourth-order valence-corrected chi connectivity index (χ4v) is 2.78. The van der Waals surface area contributed by atoms with Crippen LogP contribution in [0, 0.1) is 6.92 Å². The maximum atomic E-state index is 12.3. The van der Waals surface area contributed by atoms with Gasteiger partial charge in [0.25, 0.3) is 5.91 Å². The Balaban J connectivity index is 1.88. The number of aryl methyl sites for hydroxylation is 1. The Hall–Kier alpha value is -2.55. The van der Waals surface area contributed by atoms with Gasteiger partial charge in [-0.15, -0.1) is 0 Å². The average Bonchev–Trinajstić information content (AvgIpc) is 3.02. The molecule has 0 aliphatic rings. The van der Waals surface area contributed by atoms with Gasteiger partial charge < -0.3 is 20.1 Å². The topological polar surface area (TPSA) is 100 Å². The average molecular weight is 363 g/mol. The summed E-state index contributed by atoms with van der Waals surface area (Å²) in [7, 11) is 3.31. The van der Waals surface area contributed by atoms with Crippen molar-refractivity contribution in [3.8, 4) is 0 Å². The third-order valence-electron chi connectivity index (χ3n) is 3.14. The molecule has 9 heteroatoms. The monoisotopic (exact) mass is 363 g/mol. The molecule has 2 rings (SSSR count). The van der Waals surface area contributed by atoms with Gasteiger partial charge in [0.05, 0.1) is 11.3 Å². The zero-order valence-corrected chi connectivity index (χ0v) is 15.2. The quantitative estimate of drug-likeness (QED) is 0.573. The van der Waals surface area contributed by atoms with Gasteiger partial charge in [-0.05, 0) is 19.1 Å². The highest BCUT2D eigenvalue weighted by atomic mass is 32.2. The number of carbonyl (C=O) groups is 2. The second-order valence-electron chi connectivity index (χ2n) is 5.46. The zero-order chi connectivity index (χ0) is 18.2. The van der Waals surface area contributed by atoms with Crippen LogP contribution in [0.5, 0.6) is 0 Å². The zero-order valence-electron chi connectivity index (χ0n) is 14.4. The maximum Gasteiger partial charge on any atom is 0.316 e. The van der Waals surface area contributed by atoms with E-state index in [2.05, 4.69) is 20.8 Å². The van der Waals surface area contributed by atoms with Gasteiger partial charge in [-0.25, -0.2) is 9.78 Å². The van der Waals surface area contributed by atoms with Crippen molar-refractivity contribution in [2.45, 2.75) is 17.7 Å². The molecule has 0 radical (unpaired) electrons. The molecule has 0 aliphatic heterocycles. The van der Waals surface area contributed by atoms with Crippen LogP contribution in [0.3, 0.4) is 0 Å². The minimum absolute atomic E-state index is 0.199. The number of urea groups is 1. The van der Waals surface area contributed by atoms with E-state index in [1.807, 2.05) is 13.0 Å². The molecule has 2 aromatic heterocycles. The number of hydrogen-bond acceptors (Lipinski definition) is 6. The van der Waals surface area contributed by atoms with Crippen LogP contribution in [0.2, 0.25) is 0 Å². The summed E-state index contributed by atoms with van der Waals surface area (Å²) >= 11 is 1.42. The van der Waals surface area contributed by atoms with Gasteiger partial charge >= 0.3 is 6.03 Å². The van der Waals surface area contributed by atoms with Crippen molar-refractivity contribution in [2.75, 3.05) is 27.2 Å². The van der Waals surface area contributed by atoms with Gasteiger partial charge in [-0.3, -0.25) is 4.79 Å².